The molecule has 2 amide bonds. The Kier molecular flexibility index (Phi) is 12.2. The zero-order valence-electron chi connectivity index (χ0n) is 30.9. The fourth-order valence-electron chi connectivity index (χ4n) is 6.25. The van der Waals surface area contributed by atoms with Crippen LogP contribution in [-0.2, 0) is 16.7 Å². The van der Waals surface area contributed by atoms with E-state index in [-0.39, 0.29) is 22.7 Å². The minimum absolute atomic E-state index is 0.0711. The van der Waals surface area contributed by atoms with Crippen molar-refractivity contribution in [1.29, 1.82) is 0 Å². The molecule has 12 nitrogen and oxygen atoms in total. The van der Waals surface area contributed by atoms with Gasteiger partial charge in [-0.1, -0.05) is 67.5 Å². The van der Waals surface area contributed by atoms with Crippen LogP contribution in [0.2, 0.25) is 5.02 Å². The van der Waals surface area contributed by atoms with Gasteiger partial charge in [0.2, 0.25) is 0 Å². The van der Waals surface area contributed by atoms with Crippen molar-refractivity contribution in [3.63, 3.8) is 0 Å². The standard InChI is InChI=1S/C40H43ClN8O4S2/c1-40(2,26-54-3)35-23-37(49(46-35)29-11-13-32(41)33(50)22-29)43-39(51)42-24-28-7-4-5-10-34(28)55-31-12-14-36-44-45-38(48(36)25-31)27-8-6-9-30(21-27)53-20-17-47-15-18-52-19-16-47/h4-14,21-23,25,50H,15-20,24,26H2,1-3H3,(H2,42,43,51). The Morgan fingerprint density at radius 2 is 1.85 bits per heavy atom. The first kappa shape index (κ1) is 38.5. The minimum atomic E-state index is -0.392. The lowest BCUT2D eigenvalue weighted by atomic mass is 9.92. The summed E-state index contributed by atoms with van der Waals surface area (Å²) in [6, 6.07) is 26.2. The predicted molar refractivity (Wildman–Crippen MR) is 219 cm³/mol. The highest BCUT2D eigenvalue weighted by Gasteiger charge is 2.26. The second-order valence-corrected chi connectivity index (χ2v) is 16.1. The molecular formula is C40H43ClN8O4S2. The van der Waals surface area contributed by atoms with Gasteiger partial charge in [-0.15, -0.1) is 10.2 Å². The number of pyridine rings is 1. The number of hydrogen-bond donors (Lipinski definition) is 3. The fraction of sp³-hybridized carbons (Fsp3) is 0.300. The molecule has 4 heterocycles. The third-order valence-corrected chi connectivity index (χ3v) is 11.6. The van der Waals surface area contributed by atoms with Crippen LogP contribution in [0.4, 0.5) is 10.6 Å². The molecule has 1 aliphatic rings. The minimum Gasteiger partial charge on any atom is -0.506 e. The third kappa shape index (κ3) is 9.39. The van der Waals surface area contributed by atoms with Crippen molar-refractivity contribution in [2.75, 3.05) is 56.8 Å². The Labute approximate surface area is 333 Å². The van der Waals surface area contributed by atoms with Crippen molar-refractivity contribution in [2.24, 2.45) is 0 Å². The zero-order valence-corrected chi connectivity index (χ0v) is 33.3. The van der Waals surface area contributed by atoms with Crippen molar-refractivity contribution in [2.45, 2.75) is 35.6 Å². The molecule has 0 saturated carbocycles. The molecule has 0 aliphatic carbocycles. The molecule has 7 rings (SSSR count). The van der Waals surface area contributed by atoms with Crippen molar-refractivity contribution in [3.05, 3.63) is 107 Å². The number of benzene rings is 3. The van der Waals surface area contributed by atoms with E-state index in [1.807, 2.05) is 83.6 Å². The lowest BCUT2D eigenvalue weighted by Gasteiger charge is -2.26. The molecule has 0 spiro atoms. The molecule has 15 heteroatoms. The highest BCUT2D eigenvalue weighted by Crippen LogP contribution is 2.34. The number of urea groups is 1. The van der Waals surface area contributed by atoms with Crippen LogP contribution >= 0.6 is 35.1 Å². The van der Waals surface area contributed by atoms with E-state index >= 15 is 0 Å². The van der Waals surface area contributed by atoms with Crippen molar-refractivity contribution in [3.8, 4) is 28.6 Å². The number of anilines is 1. The molecule has 0 unspecified atom stereocenters. The number of hydrogen-bond acceptors (Lipinski definition) is 10. The Bertz CT molecular complexity index is 2270. The van der Waals surface area contributed by atoms with Crippen molar-refractivity contribution < 1.29 is 19.4 Å². The number of phenols is 1. The number of phenolic OH excluding ortho intramolecular Hbond substituents is 1. The first-order valence-electron chi connectivity index (χ1n) is 17.9. The summed E-state index contributed by atoms with van der Waals surface area (Å²) in [5, 5.41) is 30.3. The van der Waals surface area contributed by atoms with E-state index < -0.39 is 6.03 Å². The van der Waals surface area contributed by atoms with Gasteiger partial charge in [0.15, 0.2) is 11.5 Å². The average Bonchev–Trinajstić information content (AvgIpc) is 3.81. The average molecular weight is 799 g/mol. The zero-order chi connectivity index (χ0) is 38.4. The van der Waals surface area contributed by atoms with Gasteiger partial charge in [0, 0.05) is 71.0 Å². The van der Waals surface area contributed by atoms with E-state index in [1.165, 1.54) is 6.07 Å². The number of ether oxygens (including phenoxy) is 2. The number of morpholine rings is 1. The van der Waals surface area contributed by atoms with Gasteiger partial charge in [0.25, 0.3) is 0 Å². The van der Waals surface area contributed by atoms with Crippen LogP contribution in [0.5, 0.6) is 11.5 Å². The van der Waals surface area contributed by atoms with E-state index in [4.69, 9.17) is 26.2 Å². The van der Waals surface area contributed by atoms with Crippen LogP contribution in [-0.4, -0.2) is 91.9 Å². The Hall–Kier alpha value is -4.73. The lowest BCUT2D eigenvalue weighted by Crippen LogP contribution is -2.38. The summed E-state index contributed by atoms with van der Waals surface area (Å²) >= 11 is 9.41. The predicted octanol–water partition coefficient (Wildman–Crippen LogP) is 7.77. The molecule has 0 radical (unpaired) electrons. The number of fused-ring (bicyclic) bond motifs is 1. The van der Waals surface area contributed by atoms with Crippen molar-refractivity contribution >= 4 is 52.6 Å². The number of carbonyl (C=O) groups excluding carboxylic acids is 1. The van der Waals surface area contributed by atoms with E-state index in [0.29, 0.717) is 18.1 Å². The highest BCUT2D eigenvalue weighted by atomic mass is 35.5. The number of aromatic nitrogens is 5. The molecule has 286 valence electrons. The van der Waals surface area contributed by atoms with Crippen LogP contribution in [0.1, 0.15) is 25.1 Å². The number of nitrogens with one attached hydrogen (secondary N) is 2. The molecule has 1 aliphatic heterocycles. The topological polar surface area (TPSA) is 131 Å². The second-order valence-electron chi connectivity index (χ2n) is 13.7. The summed E-state index contributed by atoms with van der Waals surface area (Å²) in [7, 11) is 0. The summed E-state index contributed by atoms with van der Waals surface area (Å²) < 4.78 is 15.2. The molecule has 3 aromatic heterocycles. The van der Waals surface area contributed by atoms with Gasteiger partial charge in [0.1, 0.15) is 23.9 Å². The van der Waals surface area contributed by atoms with Gasteiger partial charge in [-0.25, -0.2) is 9.48 Å². The number of amides is 2. The number of nitrogens with zero attached hydrogens (tertiary/aromatic N) is 6. The normalized spacial score (nSPS) is 13.6. The number of carbonyl (C=O) groups is 1. The number of thioether (sulfide) groups is 1. The number of rotatable bonds is 14. The van der Waals surface area contributed by atoms with Crippen LogP contribution in [0.25, 0.3) is 22.7 Å². The van der Waals surface area contributed by atoms with E-state index in [0.717, 1.165) is 82.4 Å². The molecular weight excluding hydrogens is 756 g/mol. The molecule has 6 aromatic rings. The van der Waals surface area contributed by atoms with E-state index in [9.17, 15) is 9.90 Å². The van der Waals surface area contributed by atoms with Crippen molar-refractivity contribution in [1.82, 2.24) is 34.6 Å². The smallest absolute Gasteiger partial charge is 0.320 e. The van der Waals surface area contributed by atoms with Gasteiger partial charge < -0.3 is 19.9 Å². The van der Waals surface area contributed by atoms with Crippen LogP contribution < -0.4 is 15.4 Å². The molecule has 0 atom stereocenters. The largest absolute Gasteiger partial charge is 0.506 e. The second kappa shape index (κ2) is 17.4. The quantitative estimate of drug-likeness (QED) is 0.101. The Balaban J connectivity index is 1.04. The Morgan fingerprint density at radius 1 is 1.02 bits per heavy atom. The fourth-order valence-corrected chi connectivity index (χ4v) is 8.20. The monoisotopic (exact) mass is 798 g/mol. The maximum atomic E-state index is 13.4. The number of halogens is 1. The molecule has 0 bridgehead atoms. The summed E-state index contributed by atoms with van der Waals surface area (Å²) in [6.07, 6.45) is 4.08. The number of aromatic hydroxyl groups is 1. The summed E-state index contributed by atoms with van der Waals surface area (Å²) in [6.45, 7) is 9.33. The van der Waals surface area contributed by atoms with Gasteiger partial charge in [0.05, 0.1) is 29.6 Å². The SMILES string of the molecule is CSCC(C)(C)c1cc(NC(=O)NCc2ccccc2Sc2ccc3nnc(-c4cccc(OCCN5CCOCC5)c4)n3c2)n(-c2ccc(Cl)c(O)c2)n1. The third-order valence-electron chi connectivity index (χ3n) is 9.21. The molecule has 1 saturated heterocycles. The molecule has 3 N–H and O–H groups in total. The maximum Gasteiger partial charge on any atom is 0.320 e. The highest BCUT2D eigenvalue weighted by molar-refractivity contribution is 7.99. The first-order chi connectivity index (χ1) is 26.7. The summed E-state index contributed by atoms with van der Waals surface area (Å²) in [4.78, 5) is 17.7. The van der Waals surface area contributed by atoms with Gasteiger partial charge in [-0.2, -0.15) is 16.9 Å². The van der Waals surface area contributed by atoms with E-state index in [1.54, 1.807) is 40.3 Å². The molecule has 3 aromatic carbocycles. The maximum absolute atomic E-state index is 13.4. The van der Waals surface area contributed by atoms with Gasteiger partial charge in [-0.05, 0) is 54.3 Å². The van der Waals surface area contributed by atoms with Crippen LogP contribution in [0.15, 0.2) is 101 Å². The lowest BCUT2D eigenvalue weighted by molar-refractivity contribution is 0.0322. The van der Waals surface area contributed by atoms with Gasteiger partial charge >= 0.3 is 6.03 Å². The molecule has 1 fully saturated rings. The summed E-state index contributed by atoms with van der Waals surface area (Å²) in [5.74, 6) is 2.73. The first-order valence-corrected chi connectivity index (χ1v) is 20.5. The Morgan fingerprint density at radius 3 is 2.67 bits per heavy atom. The van der Waals surface area contributed by atoms with Crippen LogP contribution in [0, 0.1) is 0 Å². The van der Waals surface area contributed by atoms with Gasteiger partial charge in [-0.3, -0.25) is 14.6 Å². The van der Waals surface area contributed by atoms with E-state index in [2.05, 4.69) is 39.6 Å². The molecule has 55 heavy (non-hydrogen) atoms. The van der Waals surface area contributed by atoms with Crippen LogP contribution in [0.3, 0.4) is 0 Å². The summed E-state index contributed by atoms with van der Waals surface area (Å²) in [5.41, 5.74) is 3.70.